The standard InChI is InChI=1S/C14H18O6/c1-19-13(17)9-4-2-8(3-5-9)6-10-12(16)11(7-15)20-14(10)18/h2-5,10-12,14-16,18H,6-7H2,1H3/t10-,11-,12+,14?/m1/s1/i14D. The van der Waals surface area contributed by atoms with Gasteiger partial charge in [-0.05, 0) is 24.1 Å². The monoisotopic (exact) mass is 283 g/mol. The van der Waals surface area contributed by atoms with Gasteiger partial charge < -0.3 is 24.8 Å². The fourth-order valence-corrected chi connectivity index (χ4v) is 2.22. The van der Waals surface area contributed by atoms with Crippen LogP contribution >= 0.6 is 0 Å². The summed E-state index contributed by atoms with van der Waals surface area (Å²) in [7, 11) is 1.29. The Morgan fingerprint density at radius 2 is 2.05 bits per heavy atom. The molecule has 0 amide bonds. The highest BCUT2D eigenvalue weighted by Crippen LogP contribution is 2.28. The van der Waals surface area contributed by atoms with Crippen LogP contribution in [0.2, 0.25) is 0 Å². The maximum Gasteiger partial charge on any atom is 0.337 e. The van der Waals surface area contributed by atoms with E-state index in [0.29, 0.717) is 5.56 Å². The lowest BCUT2D eigenvalue weighted by Crippen LogP contribution is -2.31. The highest BCUT2D eigenvalue weighted by molar-refractivity contribution is 5.89. The molecular weight excluding hydrogens is 264 g/mol. The van der Waals surface area contributed by atoms with Crippen molar-refractivity contribution < 1.29 is 31.0 Å². The van der Waals surface area contributed by atoms with Crippen LogP contribution < -0.4 is 0 Å². The molecule has 0 bridgehead atoms. The minimum Gasteiger partial charge on any atom is -0.465 e. The second-order valence-corrected chi connectivity index (χ2v) is 4.67. The Balaban J connectivity index is 2.12. The molecule has 0 radical (unpaired) electrons. The molecule has 1 aliphatic heterocycles. The van der Waals surface area contributed by atoms with E-state index in [0.717, 1.165) is 5.56 Å². The van der Waals surface area contributed by atoms with Crippen LogP contribution in [0.4, 0.5) is 0 Å². The third-order valence-corrected chi connectivity index (χ3v) is 3.39. The maximum absolute atomic E-state index is 11.3. The zero-order valence-electron chi connectivity index (χ0n) is 12.0. The van der Waals surface area contributed by atoms with E-state index < -0.39 is 37.0 Å². The van der Waals surface area contributed by atoms with Crippen LogP contribution in [0.3, 0.4) is 0 Å². The molecule has 20 heavy (non-hydrogen) atoms. The lowest BCUT2D eigenvalue weighted by molar-refractivity contribution is -0.118. The predicted octanol–water partition coefficient (Wildman–Crippen LogP) is -0.298. The Labute approximate surface area is 118 Å². The van der Waals surface area contributed by atoms with Gasteiger partial charge in [0.25, 0.3) is 0 Å². The first kappa shape index (κ1) is 13.5. The Bertz CT molecular complexity index is 501. The van der Waals surface area contributed by atoms with Crippen LogP contribution in [0.1, 0.15) is 17.3 Å². The molecule has 0 aliphatic carbocycles. The van der Waals surface area contributed by atoms with Gasteiger partial charge in [0, 0.05) is 5.92 Å². The predicted molar refractivity (Wildman–Crippen MR) is 68.9 cm³/mol. The SMILES string of the molecule is [2H]C1(O)O[C@H](CO)[C@@H](O)[C@H]1Cc1ccc(C(=O)OC)cc1. The molecule has 4 atom stereocenters. The first-order chi connectivity index (χ1) is 9.89. The summed E-state index contributed by atoms with van der Waals surface area (Å²) >= 11 is 0. The van der Waals surface area contributed by atoms with Crippen molar-refractivity contribution in [2.45, 2.75) is 24.9 Å². The Morgan fingerprint density at radius 1 is 1.40 bits per heavy atom. The average molecular weight is 283 g/mol. The molecule has 1 aromatic carbocycles. The Kier molecular flexibility index (Phi) is 4.27. The molecule has 0 aromatic heterocycles. The van der Waals surface area contributed by atoms with E-state index in [1.807, 2.05) is 0 Å². The van der Waals surface area contributed by atoms with Crippen LogP contribution in [0.25, 0.3) is 0 Å². The quantitative estimate of drug-likeness (QED) is 0.657. The van der Waals surface area contributed by atoms with Crippen molar-refractivity contribution in [3.63, 3.8) is 0 Å². The molecule has 1 heterocycles. The van der Waals surface area contributed by atoms with Gasteiger partial charge in [0.1, 0.15) is 6.10 Å². The Morgan fingerprint density at radius 3 is 2.55 bits per heavy atom. The number of aliphatic hydroxyl groups is 3. The number of benzene rings is 1. The molecular formula is C14H18O6. The highest BCUT2D eigenvalue weighted by atomic mass is 16.6. The third-order valence-electron chi connectivity index (χ3n) is 3.39. The molecule has 6 nitrogen and oxygen atoms in total. The third kappa shape index (κ3) is 2.99. The van der Waals surface area contributed by atoms with Crippen molar-refractivity contribution in [2.75, 3.05) is 13.7 Å². The van der Waals surface area contributed by atoms with Gasteiger partial charge in [-0.15, -0.1) is 0 Å². The van der Waals surface area contributed by atoms with E-state index in [2.05, 4.69) is 4.74 Å². The van der Waals surface area contributed by atoms with Crippen LogP contribution in [0.5, 0.6) is 0 Å². The van der Waals surface area contributed by atoms with E-state index in [1.54, 1.807) is 24.3 Å². The molecule has 3 N–H and O–H groups in total. The van der Waals surface area contributed by atoms with E-state index in [9.17, 15) is 15.0 Å². The minimum absolute atomic E-state index is 0.180. The lowest BCUT2D eigenvalue weighted by atomic mass is 9.93. The van der Waals surface area contributed by atoms with E-state index in [-0.39, 0.29) is 6.42 Å². The first-order valence-corrected chi connectivity index (χ1v) is 6.25. The Hall–Kier alpha value is -1.47. The van der Waals surface area contributed by atoms with Gasteiger partial charge in [-0.3, -0.25) is 0 Å². The molecule has 1 aliphatic rings. The number of hydrogen-bond acceptors (Lipinski definition) is 6. The summed E-state index contributed by atoms with van der Waals surface area (Å²) in [6, 6.07) is 6.44. The first-order valence-electron chi connectivity index (χ1n) is 6.75. The summed E-state index contributed by atoms with van der Waals surface area (Å²) in [5.41, 5.74) is 1.11. The zero-order chi connectivity index (χ0) is 15.6. The van der Waals surface area contributed by atoms with E-state index >= 15 is 0 Å². The number of hydrogen-bond donors (Lipinski definition) is 3. The molecule has 6 heteroatoms. The van der Waals surface area contributed by atoms with Gasteiger partial charge >= 0.3 is 5.97 Å². The number of carbonyl (C=O) groups is 1. The van der Waals surface area contributed by atoms with Crippen LogP contribution in [-0.2, 0) is 15.9 Å². The van der Waals surface area contributed by atoms with E-state index in [1.165, 1.54) is 7.11 Å². The van der Waals surface area contributed by atoms with Crippen molar-refractivity contribution >= 4 is 5.97 Å². The second-order valence-electron chi connectivity index (χ2n) is 4.67. The molecule has 1 fully saturated rings. The number of methoxy groups -OCH3 is 1. The normalized spacial score (nSPS) is 33.8. The van der Waals surface area contributed by atoms with Gasteiger partial charge in [0.15, 0.2) is 6.27 Å². The molecule has 1 saturated heterocycles. The van der Waals surface area contributed by atoms with Gasteiger partial charge in [-0.1, -0.05) is 12.1 Å². The molecule has 110 valence electrons. The largest absolute Gasteiger partial charge is 0.465 e. The zero-order valence-corrected chi connectivity index (χ0v) is 11.0. The second kappa shape index (κ2) is 6.32. The van der Waals surface area contributed by atoms with Gasteiger partial charge in [0.2, 0.25) is 0 Å². The fraction of sp³-hybridized carbons (Fsp3) is 0.500. The van der Waals surface area contributed by atoms with Crippen LogP contribution in [0, 0.1) is 5.92 Å². The average Bonchev–Trinajstić information content (AvgIpc) is 2.70. The lowest BCUT2D eigenvalue weighted by Gasteiger charge is -2.17. The van der Waals surface area contributed by atoms with Gasteiger partial charge in [-0.25, -0.2) is 4.79 Å². The summed E-state index contributed by atoms with van der Waals surface area (Å²) in [5, 5.41) is 28.9. The molecule has 0 spiro atoms. The number of carbonyl (C=O) groups excluding carboxylic acids is 1. The summed E-state index contributed by atoms with van der Waals surface area (Å²) in [4.78, 5) is 11.3. The minimum atomic E-state index is -2.26. The molecule has 2 rings (SSSR count). The number of ether oxygens (including phenoxy) is 2. The molecule has 1 aromatic rings. The molecule has 1 unspecified atom stereocenters. The van der Waals surface area contributed by atoms with Crippen LogP contribution in [-0.4, -0.2) is 53.5 Å². The van der Waals surface area contributed by atoms with Gasteiger partial charge in [-0.2, -0.15) is 0 Å². The molecule has 0 saturated carbocycles. The fourth-order valence-electron chi connectivity index (χ4n) is 2.22. The van der Waals surface area contributed by atoms with Crippen molar-refractivity contribution in [1.82, 2.24) is 0 Å². The summed E-state index contributed by atoms with van der Waals surface area (Å²) < 4.78 is 17.2. The topological polar surface area (TPSA) is 96.2 Å². The summed E-state index contributed by atoms with van der Waals surface area (Å²) in [6.07, 6.45) is -4.20. The summed E-state index contributed by atoms with van der Waals surface area (Å²) in [5.74, 6) is -1.35. The van der Waals surface area contributed by atoms with Crippen molar-refractivity contribution in [3.8, 4) is 0 Å². The van der Waals surface area contributed by atoms with Crippen molar-refractivity contribution in [3.05, 3.63) is 35.4 Å². The van der Waals surface area contributed by atoms with Gasteiger partial charge in [0.05, 0.1) is 26.8 Å². The maximum atomic E-state index is 11.3. The van der Waals surface area contributed by atoms with Crippen LogP contribution in [0.15, 0.2) is 24.3 Å². The van der Waals surface area contributed by atoms with Crippen molar-refractivity contribution in [1.29, 1.82) is 0 Å². The summed E-state index contributed by atoms with van der Waals surface area (Å²) in [6.45, 7) is -0.472. The number of rotatable bonds is 4. The van der Waals surface area contributed by atoms with Crippen molar-refractivity contribution in [2.24, 2.45) is 5.92 Å². The number of esters is 1. The smallest absolute Gasteiger partial charge is 0.337 e. The van der Waals surface area contributed by atoms with E-state index in [4.69, 9.17) is 11.2 Å². The highest BCUT2D eigenvalue weighted by Gasteiger charge is 2.42. The number of aliphatic hydroxyl groups excluding tert-OH is 2.